The summed E-state index contributed by atoms with van der Waals surface area (Å²) < 4.78 is 5.33. The zero-order chi connectivity index (χ0) is 9.97. The predicted octanol–water partition coefficient (Wildman–Crippen LogP) is 1.74. The maximum Gasteiger partial charge on any atom is 0.0725 e. The zero-order valence-corrected chi connectivity index (χ0v) is 7.99. The van der Waals surface area contributed by atoms with Crippen LogP contribution in [0.2, 0.25) is 0 Å². The molecule has 14 heavy (non-hydrogen) atoms. The van der Waals surface area contributed by atoms with Gasteiger partial charge in [0.15, 0.2) is 0 Å². The topological polar surface area (TPSA) is 35.2 Å². The summed E-state index contributed by atoms with van der Waals surface area (Å²) >= 11 is 0. The maximum absolute atomic E-state index is 5.92. The molecule has 2 heteroatoms. The van der Waals surface area contributed by atoms with E-state index in [9.17, 15) is 0 Å². The van der Waals surface area contributed by atoms with Crippen molar-refractivity contribution in [1.82, 2.24) is 0 Å². The molecule has 2 N–H and O–H groups in total. The molecule has 0 saturated carbocycles. The zero-order valence-electron chi connectivity index (χ0n) is 7.99. The Hall–Kier alpha value is -1.30. The lowest BCUT2D eigenvalue weighted by atomic mass is 10.00. The van der Waals surface area contributed by atoms with Crippen LogP contribution in [-0.4, -0.2) is 0 Å². The summed E-state index contributed by atoms with van der Waals surface area (Å²) in [7, 11) is 0. The lowest BCUT2D eigenvalue weighted by molar-refractivity contribution is 0.134. The first-order valence-electron chi connectivity index (χ1n) is 4.69. The summed E-state index contributed by atoms with van der Waals surface area (Å²) in [6, 6.07) is 6.17. The molecule has 0 saturated heterocycles. The Labute approximate surface area is 84.1 Å². The number of hydrogen-bond acceptors (Lipinski definition) is 2. The van der Waals surface area contributed by atoms with Gasteiger partial charge < -0.3 is 10.5 Å². The van der Waals surface area contributed by atoms with Crippen molar-refractivity contribution in [3.8, 4) is 12.3 Å². The Balaban J connectivity index is 2.25. The fourth-order valence-corrected chi connectivity index (χ4v) is 1.67. The van der Waals surface area contributed by atoms with E-state index in [1.54, 1.807) is 0 Å². The minimum absolute atomic E-state index is 0.0501. The third-order valence-electron chi connectivity index (χ3n) is 2.51. The summed E-state index contributed by atoms with van der Waals surface area (Å²) in [5.41, 5.74) is 9.53. The highest BCUT2D eigenvalue weighted by molar-refractivity contribution is 5.34. The van der Waals surface area contributed by atoms with Gasteiger partial charge in [-0.3, -0.25) is 0 Å². The first-order valence-corrected chi connectivity index (χ1v) is 4.69. The SMILES string of the molecule is C#CCC(N)c1ccc2c(c1)COC2. The number of rotatable bonds is 2. The first-order chi connectivity index (χ1) is 6.81. The molecule has 0 fully saturated rings. The van der Waals surface area contributed by atoms with E-state index in [-0.39, 0.29) is 6.04 Å². The van der Waals surface area contributed by atoms with Gasteiger partial charge in [-0.2, -0.15) is 0 Å². The van der Waals surface area contributed by atoms with Crippen molar-refractivity contribution in [3.05, 3.63) is 34.9 Å². The highest BCUT2D eigenvalue weighted by Gasteiger charge is 2.13. The highest BCUT2D eigenvalue weighted by Crippen LogP contribution is 2.23. The minimum Gasteiger partial charge on any atom is -0.372 e. The lowest BCUT2D eigenvalue weighted by Crippen LogP contribution is -2.09. The van der Waals surface area contributed by atoms with Gasteiger partial charge >= 0.3 is 0 Å². The van der Waals surface area contributed by atoms with Gasteiger partial charge in [0.25, 0.3) is 0 Å². The van der Waals surface area contributed by atoms with Gasteiger partial charge in [-0.1, -0.05) is 18.2 Å². The molecular formula is C12H13NO. The molecule has 0 aromatic heterocycles. The number of hydrogen-bond donors (Lipinski definition) is 1. The van der Waals surface area contributed by atoms with Crippen LogP contribution in [0, 0.1) is 12.3 Å². The second kappa shape index (κ2) is 3.83. The monoisotopic (exact) mass is 187 g/mol. The van der Waals surface area contributed by atoms with E-state index in [0.29, 0.717) is 13.0 Å². The Kier molecular flexibility index (Phi) is 2.53. The van der Waals surface area contributed by atoms with Gasteiger partial charge in [0.2, 0.25) is 0 Å². The summed E-state index contributed by atoms with van der Waals surface area (Å²) in [5, 5.41) is 0. The highest BCUT2D eigenvalue weighted by atomic mass is 16.5. The average molecular weight is 187 g/mol. The van der Waals surface area contributed by atoms with Gasteiger partial charge in [-0.05, 0) is 16.7 Å². The molecule has 0 aliphatic carbocycles. The largest absolute Gasteiger partial charge is 0.372 e. The smallest absolute Gasteiger partial charge is 0.0725 e. The van der Waals surface area contributed by atoms with Gasteiger partial charge in [-0.25, -0.2) is 0 Å². The normalized spacial score (nSPS) is 16.0. The molecule has 1 aliphatic heterocycles. The van der Waals surface area contributed by atoms with Crippen LogP contribution in [-0.2, 0) is 18.0 Å². The maximum atomic E-state index is 5.92. The molecule has 72 valence electrons. The van der Waals surface area contributed by atoms with Crippen LogP contribution in [0.3, 0.4) is 0 Å². The van der Waals surface area contributed by atoms with Crippen LogP contribution < -0.4 is 5.73 Å². The van der Waals surface area contributed by atoms with Crippen LogP contribution in [0.15, 0.2) is 18.2 Å². The number of nitrogens with two attached hydrogens (primary N) is 1. The third kappa shape index (κ3) is 1.65. The van der Waals surface area contributed by atoms with Crippen molar-refractivity contribution in [1.29, 1.82) is 0 Å². The Morgan fingerprint density at radius 3 is 3.00 bits per heavy atom. The van der Waals surface area contributed by atoms with Crippen LogP contribution in [0.25, 0.3) is 0 Å². The van der Waals surface area contributed by atoms with E-state index in [0.717, 1.165) is 12.2 Å². The molecular weight excluding hydrogens is 174 g/mol. The molecule has 0 amide bonds. The van der Waals surface area contributed by atoms with Gasteiger partial charge in [-0.15, -0.1) is 12.3 Å². The fraction of sp³-hybridized carbons (Fsp3) is 0.333. The number of ether oxygens (including phenoxy) is 1. The van der Waals surface area contributed by atoms with Crippen LogP contribution in [0.1, 0.15) is 29.2 Å². The van der Waals surface area contributed by atoms with E-state index in [2.05, 4.69) is 18.1 Å². The second-order valence-corrected chi connectivity index (χ2v) is 3.54. The molecule has 1 aliphatic rings. The molecule has 0 radical (unpaired) electrons. The molecule has 2 rings (SSSR count). The Morgan fingerprint density at radius 1 is 1.43 bits per heavy atom. The summed E-state index contributed by atoms with van der Waals surface area (Å²) in [6.45, 7) is 1.42. The third-order valence-corrected chi connectivity index (χ3v) is 2.51. The van der Waals surface area contributed by atoms with Crippen molar-refractivity contribution in [2.75, 3.05) is 0 Å². The van der Waals surface area contributed by atoms with Crippen molar-refractivity contribution < 1.29 is 4.74 Å². The minimum atomic E-state index is -0.0501. The van der Waals surface area contributed by atoms with E-state index >= 15 is 0 Å². The van der Waals surface area contributed by atoms with Crippen molar-refractivity contribution in [2.24, 2.45) is 5.73 Å². The molecule has 0 bridgehead atoms. The summed E-state index contributed by atoms with van der Waals surface area (Å²) in [5.74, 6) is 2.58. The van der Waals surface area contributed by atoms with E-state index in [4.69, 9.17) is 16.9 Å². The Bertz CT molecular complexity index is 378. The molecule has 2 nitrogen and oxygen atoms in total. The molecule has 1 heterocycles. The van der Waals surface area contributed by atoms with Crippen molar-refractivity contribution >= 4 is 0 Å². The predicted molar refractivity (Wildman–Crippen MR) is 55.3 cm³/mol. The van der Waals surface area contributed by atoms with E-state index in [1.165, 1.54) is 11.1 Å². The second-order valence-electron chi connectivity index (χ2n) is 3.54. The van der Waals surface area contributed by atoms with Gasteiger partial charge in [0.1, 0.15) is 0 Å². The van der Waals surface area contributed by atoms with Crippen LogP contribution in [0.4, 0.5) is 0 Å². The number of benzene rings is 1. The number of fused-ring (bicyclic) bond motifs is 1. The molecule has 1 aromatic rings. The standard InChI is InChI=1S/C12H13NO/c1-2-3-12(13)9-4-5-10-7-14-8-11(10)6-9/h1,4-6,12H,3,7-8,13H2. The van der Waals surface area contributed by atoms with E-state index in [1.807, 2.05) is 6.07 Å². The molecule has 1 atom stereocenters. The van der Waals surface area contributed by atoms with E-state index < -0.39 is 0 Å². The van der Waals surface area contributed by atoms with Crippen molar-refractivity contribution in [3.63, 3.8) is 0 Å². The quantitative estimate of drug-likeness (QED) is 0.716. The lowest BCUT2D eigenvalue weighted by Gasteiger charge is -2.09. The van der Waals surface area contributed by atoms with Crippen LogP contribution >= 0.6 is 0 Å². The van der Waals surface area contributed by atoms with Crippen LogP contribution in [0.5, 0.6) is 0 Å². The Morgan fingerprint density at radius 2 is 2.21 bits per heavy atom. The van der Waals surface area contributed by atoms with Gasteiger partial charge in [0, 0.05) is 12.5 Å². The molecule has 1 unspecified atom stereocenters. The average Bonchev–Trinajstić information content (AvgIpc) is 2.64. The number of terminal acetylenes is 1. The van der Waals surface area contributed by atoms with Crippen molar-refractivity contribution in [2.45, 2.75) is 25.7 Å². The molecule has 1 aromatic carbocycles. The molecule has 0 spiro atoms. The summed E-state index contributed by atoms with van der Waals surface area (Å²) in [4.78, 5) is 0. The first kappa shape index (κ1) is 9.26. The fourth-order valence-electron chi connectivity index (χ4n) is 1.67. The van der Waals surface area contributed by atoms with Gasteiger partial charge in [0.05, 0.1) is 13.2 Å². The summed E-state index contributed by atoms with van der Waals surface area (Å²) in [6.07, 6.45) is 5.81.